The summed E-state index contributed by atoms with van der Waals surface area (Å²) in [4.78, 5) is 35.7. The van der Waals surface area contributed by atoms with Crippen LogP contribution in [0.5, 0.6) is 5.75 Å². The lowest BCUT2D eigenvalue weighted by atomic mass is 9.69. The third-order valence-electron chi connectivity index (χ3n) is 6.45. The molecule has 7 nitrogen and oxygen atoms in total. The number of carbonyl (C=O) groups excluding carboxylic acids is 2. The number of Topliss-reactive ketones (excluding diaryl/α,β-unsaturated/α-hetero) is 1. The van der Waals surface area contributed by atoms with Crippen molar-refractivity contribution in [3.8, 4) is 5.75 Å². The van der Waals surface area contributed by atoms with Crippen molar-refractivity contribution in [2.75, 3.05) is 26.9 Å². The Morgan fingerprint density at radius 2 is 1.88 bits per heavy atom. The van der Waals surface area contributed by atoms with Crippen molar-refractivity contribution in [1.29, 1.82) is 0 Å². The van der Waals surface area contributed by atoms with E-state index in [1.165, 1.54) is 0 Å². The van der Waals surface area contributed by atoms with E-state index in [-0.39, 0.29) is 18.3 Å². The number of ether oxygens (including phenoxy) is 3. The monoisotopic (exact) mass is 462 g/mol. The van der Waals surface area contributed by atoms with Gasteiger partial charge in [0.05, 0.1) is 13.7 Å². The first kappa shape index (κ1) is 23.8. The summed E-state index contributed by atoms with van der Waals surface area (Å²) in [5.74, 6) is -0.723. The van der Waals surface area contributed by atoms with Gasteiger partial charge < -0.3 is 14.2 Å². The minimum atomic E-state index is -0.675. The second kappa shape index (κ2) is 10.7. The molecule has 178 valence electrons. The van der Waals surface area contributed by atoms with Crippen LogP contribution in [-0.4, -0.2) is 49.4 Å². The van der Waals surface area contributed by atoms with Crippen LogP contribution in [0.2, 0.25) is 0 Å². The van der Waals surface area contributed by atoms with Crippen LogP contribution in [0.15, 0.2) is 65.1 Å². The van der Waals surface area contributed by atoms with Crippen molar-refractivity contribution in [2.45, 2.75) is 38.5 Å². The van der Waals surface area contributed by atoms with E-state index in [2.05, 4.69) is 4.98 Å². The Kier molecular flexibility index (Phi) is 7.53. The molecule has 0 N–H and O–H groups in total. The molecule has 2 aromatic rings. The van der Waals surface area contributed by atoms with Crippen LogP contribution in [0.25, 0.3) is 0 Å². The highest BCUT2D eigenvalue weighted by atomic mass is 16.6. The van der Waals surface area contributed by atoms with Gasteiger partial charge in [-0.25, -0.2) is 0 Å². The lowest BCUT2D eigenvalue weighted by molar-refractivity contribution is -0.148. The number of aliphatic imine (C=N–C) groups is 1. The lowest BCUT2D eigenvalue weighted by Crippen LogP contribution is -2.38. The summed E-state index contributed by atoms with van der Waals surface area (Å²) in [7, 11) is 1.63. The van der Waals surface area contributed by atoms with Gasteiger partial charge in [-0.3, -0.25) is 19.6 Å². The number of pyridine rings is 1. The van der Waals surface area contributed by atoms with Gasteiger partial charge in [0.1, 0.15) is 18.3 Å². The predicted molar refractivity (Wildman–Crippen MR) is 128 cm³/mol. The van der Waals surface area contributed by atoms with Gasteiger partial charge in [0.15, 0.2) is 5.78 Å². The average Bonchev–Trinajstić information content (AvgIpc) is 2.86. The fourth-order valence-electron chi connectivity index (χ4n) is 4.83. The van der Waals surface area contributed by atoms with Crippen molar-refractivity contribution in [3.63, 3.8) is 0 Å². The van der Waals surface area contributed by atoms with Crippen molar-refractivity contribution >= 4 is 17.5 Å². The molecule has 0 fully saturated rings. The third-order valence-corrected chi connectivity index (χ3v) is 6.45. The summed E-state index contributed by atoms with van der Waals surface area (Å²) in [6.45, 7) is 4.78. The van der Waals surface area contributed by atoms with Crippen molar-refractivity contribution in [2.24, 2.45) is 10.9 Å². The van der Waals surface area contributed by atoms with E-state index in [9.17, 15) is 9.59 Å². The number of aromatic nitrogens is 1. The lowest BCUT2D eigenvalue weighted by Gasteiger charge is -2.36. The molecular weight excluding hydrogens is 432 g/mol. The van der Waals surface area contributed by atoms with Gasteiger partial charge in [-0.2, -0.15) is 0 Å². The quantitative estimate of drug-likeness (QED) is 0.431. The maximum Gasteiger partial charge on any atom is 0.315 e. The number of esters is 1. The molecule has 0 radical (unpaired) electrons. The van der Waals surface area contributed by atoms with Gasteiger partial charge in [-0.15, -0.1) is 0 Å². The van der Waals surface area contributed by atoms with Crippen LogP contribution in [0.4, 0.5) is 0 Å². The third kappa shape index (κ3) is 4.94. The largest absolute Gasteiger partial charge is 0.497 e. The average molecular weight is 463 g/mol. The van der Waals surface area contributed by atoms with Gasteiger partial charge in [0, 0.05) is 48.3 Å². The molecule has 4 rings (SSSR count). The molecule has 1 aromatic carbocycles. The minimum Gasteiger partial charge on any atom is -0.497 e. The maximum absolute atomic E-state index is 13.5. The Hall–Kier alpha value is -3.32. The van der Waals surface area contributed by atoms with E-state index in [4.69, 9.17) is 19.2 Å². The smallest absolute Gasteiger partial charge is 0.315 e. The van der Waals surface area contributed by atoms with Crippen LogP contribution in [0, 0.1) is 5.92 Å². The zero-order chi connectivity index (χ0) is 24.1. The zero-order valence-corrected chi connectivity index (χ0v) is 19.8. The zero-order valence-electron chi connectivity index (χ0n) is 19.8. The molecule has 2 heterocycles. The van der Waals surface area contributed by atoms with Crippen LogP contribution in [-0.2, 0) is 19.1 Å². The number of ketones is 1. The molecule has 1 aliphatic heterocycles. The highest BCUT2D eigenvalue weighted by molar-refractivity contribution is 6.09. The molecule has 0 saturated carbocycles. The van der Waals surface area contributed by atoms with Gasteiger partial charge in [0.2, 0.25) is 0 Å². The number of methoxy groups -OCH3 is 1. The van der Waals surface area contributed by atoms with Crippen molar-refractivity contribution < 1.29 is 23.8 Å². The number of hydrogen-bond acceptors (Lipinski definition) is 7. The second-order valence-electron chi connectivity index (χ2n) is 8.52. The molecule has 0 amide bonds. The molecule has 0 bridgehead atoms. The van der Waals surface area contributed by atoms with Crippen molar-refractivity contribution in [1.82, 2.24) is 4.98 Å². The molecule has 0 saturated heterocycles. The van der Waals surface area contributed by atoms with Crippen molar-refractivity contribution in [3.05, 3.63) is 71.2 Å². The number of allylic oxidation sites excluding steroid dienone is 2. The molecule has 3 atom stereocenters. The van der Waals surface area contributed by atoms with Crippen LogP contribution < -0.4 is 4.74 Å². The molecule has 34 heavy (non-hydrogen) atoms. The summed E-state index contributed by atoms with van der Waals surface area (Å²) in [6, 6.07) is 11.5. The topological polar surface area (TPSA) is 87.1 Å². The van der Waals surface area contributed by atoms with E-state index in [1.54, 1.807) is 19.5 Å². The minimum absolute atomic E-state index is 0.0132. The van der Waals surface area contributed by atoms with E-state index in [0.717, 1.165) is 22.6 Å². The van der Waals surface area contributed by atoms with E-state index >= 15 is 0 Å². The molecule has 0 spiro atoms. The number of carbonyl (C=O) groups is 2. The standard InChI is InChI=1S/C27H30N2O5/c1-4-33-12-13-34-27(31)24-17(2)29-22-14-20(18-7-9-21(32-3)10-8-18)15-23(30)26(22)25(24)19-6-5-11-28-16-19/h5-11,16,20,24-25H,4,12-15H2,1-3H3/t20-,24?,25+/m1/s1. The number of benzene rings is 1. The van der Waals surface area contributed by atoms with Crippen LogP contribution in [0.3, 0.4) is 0 Å². The molecule has 7 heteroatoms. The van der Waals surface area contributed by atoms with E-state index in [0.29, 0.717) is 37.3 Å². The predicted octanol–water partition coefficient (Wildman–Crippen LogP) is 4.25. The molecular formula is C27H30N2O5. The summed E-state index contributed by atoms with van der Waals surface area (Å²) in [5.41, 5.74) is 3.89. The summed E-state index contributed by atoms with van der Waals surface area (Å²) >= 11 is 0. The Morgan fingerprint density at radius 1 is 1.09 bits per heavy atom. The van der Waals surface area contributed by atoms with Crippen LogP contribution >= 0.6 is 0 Å². The summed E-state index contributed by atoms with van der Waals surface area (Å²) in [5, 5.41) is 0. The molecule has 1 aliphatic carbocycles. The Bertz CT molecular complexity index is 1090. The number of rotatable bonds is 8. The number of hydrogen-bond donors (Lipinski definition) is 0. The molecule has 1 unspecified atom stereocenters. The molecule has 2 aliphatic rings. The summed E-state index contributed by atoms with van der Waals surface area (Å²) < 4.78 is 16.1. The Balaban J connectivity index is 1.67. The Morgan fingerprint density at radius 3 is 2.56 bits per heavy atom. The van der Waals surface area contributed by atoms with Gasteiger partial charge in [-0.1, -0.05) is 18.2 Å². The first-order valence-electron chi connectivity index (χ1n) is 11.6. The first-order chi connectivity index (χ1) is 16.5. The van der Waals surface area contributed by atoms with E-state index < -0.39 is 17.8 Å². The first-order valence-corrected chi connectivity index (χ1v) is 11.6. The van der Waals surface area contributed by atoms with E-state index in [1.807, 2.05) is 50.2 Å². The van der Waals surface area contributed by atoms with Crippen LogP contribution in [0.1, 0.15) is 49.7 Å². The summed E-state index contributed by atoms with van der Waals surface area (Å²) in [6.07, 6.45) is 4.40. The highest BCUT2D eigenvalue weighted by Gasteiger charge is 2.44. The maximum atomic E-state index is 13.5. The normalized spacial score (nSPS) is 22.1. The Labute approximate surface area is 199 Å². The fraction of sp³-hybridized carbons (Fsp3) is 0.407. The SMILES string of the molecule is CCOCCOC(=O)C1C(C)=NC2=C(C(=O)C[C@H](c3ccc(OC)cc3)C2)[C@H]1c1cccnc1. The number of nitrogens with zero attached hydrogens (tertiary/aromatic N) is 2. The van der Waals surface area contributed by atoms with Gasteiger partial charge in [0.25, 0.3) is 0 Å². The molecule has 1 aromatic heterocycles. The second-order valence-corrected chi connectivity index (χ2v) is 8.52. The van der Waals surface area contributed by atoms with Gasteiger partial charge >= 0.3 is 5.97 Å². The fourth-order valence-corrected chi connectivity index (χ4v) is 4.83. The highest BCUT2D eigenvalue weighted by Crippen LogP contribution is 2.46. The van der Waals surface area contributed by atoms with Gasteiger partial charge in [-0.05, 0) is 55.5 Å².